The minimum Gasteiger partial charge on any atom is -0.379 e. The first-order valence-electron chi connectivity index (χ1n) is 15.3. The molecule has 0 aliphatic carbocycles. The van der Waals surface area contributed by atoms with Gasteiger partial charge in [-0.05, 0) is 6.42 Å². The first-order valence-corrected chi connectivity index (χ1v) is 15.3. The van der Waals surface area contributed by atoms with Crippen LogP contribution in [0.2, 0.25) is 0 Å². The highest BCUT2D eigenvalue weighted by molar-refractivity contribution is 6.12. The summed E-state index contributed by atoms with van der Waals surface area (Å²) < 4.78 is 38.3. The molecule has 234 valence electrons. The normalized spacial score (nSPS) is 13.3. The van der Waals surface area contributed by atoms with Gasteiger partial charge >= 0.3 is 0 Å². The molecule has 1 aliphatic rings. The van der Waals surface area contributed by atoms with Gasteiger partial charge in [0.05, 0.1) is 92.4 Å². The van der Waals surface area contributed by atoms with Crippen LogP contribution in [0.1, 0.15) is 71.1 Å². The predicted octanol–water partition coefficient (Wildman–Crippen LogP) is 3.95. The maximum absolute atomic E-state index is 11.4. The molecule has 2 amide bonds. The summed E-state index contributed by atoms with van der Waals surface area (Å²) in [5.74, 6) is -0.593. The van der Waals surface area contributed by atoms with Gasteiger partial charge in [0.1, 0.15) is 0 Å². The zero-order valence-corrected chi connectivity index (χ0v) is 25.0. The molecule has 1 rings (SSSR count). The predicted molar refractivity (Wildman–Crippen MR) is 153 cm³/mol. The fraction of sp³-hybridized carbons (Fsp3) is 0.867. The number of carbonyl (C=O) groups excluding carboxylic acids is 2. The number of ether oxygens (including phenoxy) is 7. The molecule has 1 heterocycles. The zero-order chi connectivity index (χ0) is 28.8. The van der Waals surface area contributed by atoms with Gasteiger partial charge in [-0.25, -0.2) is 0 Å². The average Bonchev–Trinajstić information content (AvgIpc) is 3.28. The van der Waals surface area contributed by atoms with Gasteiger partial charge < -0.3 is 33.2 Å². The molecule has 0 aromatic rings. The number of hydrogen-bond donors (Lipinski definition) is 0. The third-order valence-corrected chi connectivity index (χ3v) is 6.23. The van der Waals surface area contributed by atoms with Gasteiger partial charge in [0.15, 0.2) is 0 Å². The molecule has 40 heavy (non-hydrogen) atoms. The van der Waals surface area contributed by atoms with E-state index in [1.807, 2.05) is 0 Å². The lowest BCUT2D eigenvalue weighted by molar-refractivity contribution is -0.137. The van der Waals surface area contributed by atoms with Crippen LogP contribution in [-0.2, 0) is 42.7 Å². The fourth-order valence-corrected chi connectivity index (χ4v) is 3.92. The van der Waals surface area contributed by atoms with Crippen LogP contribution in [-0.4, -0.2) is 116 Å². The Morgan fingerprint density at radius 1 is 0.425 bits per heavy atom. The summed E-state index contributed by atoms with van der Waals surface area (Å²) in [6, 6.07) is 0. The second kappa shape index (κ2) is 29.1. The second-order valence-electron chi connectivity index (χ2n) is 9.63. The standard InChI is InChI=1S/C30H55NO9/c1-2-3-4-5-6-7-8-9-10-11-15-34-17-19-36-21-23-38-25-27-40-28-26-39-24-22-37-20-18-35-16-14-31-29(32)12-13-30(31)33/h12-13H,2-11,14-28H2,1H3. The average molecular weight is 574 g/mol. The molecule has 0 N–H and O–H groups in total. The van der Waals surface area contributed by atoms with Gasteiger partial charge in [-0.1, -0.05) is 64.7 Å². The zero-order valence-electron chi connectivity index (χ0n) is 25.0. The highest BCUT2D eigenvalue weighted by Crippen LogP contribution is 2.10. The molecule has 0 saturated carbocycles. The van der Waals surface area contributed by atoms with Crippen molar-refractivity contribution in [1.29, 1.82) is 0 Å². The third kappa shape index (κ3) is 23.3. The van der Waals surface area contributed by atoms with E-state index < -0.39 is 0 Å². The maximum atomic E-state index is 11.4. The number of nitrogens with zero attached hydrogens (tertiary/aromatic N) is 1. The first kappa shape index (κ1) is 36.6. The number of imide groups is 1. The van der Waals surface area contributed by atoms with Crippen LogP contribution in [0.15, 0.2) is 12.2 Å². The molecule has 0 unspecified atom stereocenters. The molecule has 0 radical (unpaired) electrons. The Kier molecular flexibility index (Phi) is 26.6. The summed E-state index contributed by atoms with van der Waals surface area (Å²) in [5.41, 5.74) is 0. The van der Waals surface area contributed by atoms with Crippen LogP contribution in [0.4, 0.5) is 0 Å². The molecular formula is C30H55NO9. The van der Waals surface area contributed by atoms with Crippen molar-refractivity contribution in [3.8, 4) is 0 Å². The summed E-state index contributed by atoms with van der Waals surface area (Å²) >= 11 is 0. The summed E-state index contributed by atoms with van der Waals surface area (Å²) in [6.07, 6.45) is 15.9. The second-order valence-corrected chi connectivity index (χ2v) is 9.63. The Morgan fingerprint density at radius 3 is 1.10 bits per heavy atom. The van der Waals surface area contributed by atoms with Gasteiger partial charge in [0, 0.05) is 18.8 Å². The summed E-state index contributed by atoms with van der Waals surface area (Å²) in [6.45, 7) is 9.78. The Bertz CT molecular complexity index is 600. The van der Waals surface area contributed by atoms with Gasteiger partial charge in [-0.2, -0.15) is 0 Å². The van der Waals surface area contributed by atoms with E-state index in [9.17, 15) is 9.59 Å². The molecule has 10 nitrogen and oxygen atoms in total. The van der Waals surface area contributed by atoms with Crippen molar-refractivity contribution >= 4 is 11.8 Å². The van der Waals surface area contributed by atoms with Crippen LogP contribution in [0.5, 0.6) is 0 Å². The minimum atomic E-state index is -0.297. The van der Waals surface area contributed by atoms with E-state index in [4.69, 9.17) is 33.2 Å². The number of hydrogen-bond acceptors (Lipinski definition) is 9. The maximum Gasteiger partial charge on any atom is 0.253 e. The Morgan fingerprint density at radius 2 is 0.725 bits per heavy atom. The van der Waals surface area contributed by atoms with E-state index in [1.54, 1.807) is 0 Å². The van der Waals surface area contributed by atoms with Crippen molar-refractivity contribution in [2.75, 3.05) is 99.0 Å². The molecule has 0 bridgehead atoms. The van der Waals surface area contributed by atoms with Gasteiger partial charge in [-0.15, -0.1) is 0 Å². The van der Waals surface area contributed by atoms with Crippen LogP contribution in [0, 0.1) is 0 Å². The largest absolute Gasteiger partial charge is 0.379 e. The highest BCUT2D eigenvalue weighted by atomic mass is 16.6. The van der Waals surface area contributed by atoms with E-state index in [2.05, 4.69) is 6.92 Å². The van der Waals surface area contributed by atoms with Crippen LogP contribution in [0.3, 0.4) is 0 Å². The molecule has 10 heteroatoms. The van der Waals surface area contributed by atoms with Crippen molar-refractivity contribution in [3.63, 3.8) is 0 Å². The number of amides is 2. The van der Waals surface area contributed by atoms with Gasteiger partial charge in [0.25, 0.3) is 11.8 Å². The minimum absolute atomic E-state index is 0.252. The highest BCUT2D eigenvalue weighted by Gasteiger charge is 2.22. The van der Waals surface area contributed by atoms with E-state index in [-0.39, 0.29) is 18.4 Å². The Balaban J connectivity index is 1.63. The van der Waals surface area contributed by atoms with Crippen LogP contribution in [0.25, 0.3) is 0 Å². The molecule has 0 aromatic carbocycles. The number of carbonyl (C=O) groups is 2. The SMILES string of the molecule is CCCCCCCCCCCCOCCOCCOCCOCCOCCOCCOCCN1C(=O)C=CC1=O. The fourth-order valence-electron chi connectivity index (χ4n) is 3.92. The van der Waals surface area contributed by atoms with Crippen molar-refractivity contribution in [2.24, 2.45) is 0 Å². The summed E-state index contributed by atoms with van der Waals surface area (Å²) in [4.78, 5) is 23.9. The monoisotopic (exact) mass is 573 g/mol. The third-order valence-electron chi connectivity index (χ3n) is 6.23. The molecule has 0 fully saturated rings. The topological polar surface area (TPSA) is 102 Å². The van der Waals surface area contributed by atoms with Crippen LogP contribution >= 0.6 is 0 Å². The smallest absolute Gasteiger partial charge is 0.253 e. The number of rotatable bonds is 32. The molecule has 0 saturated heterocycles. The van der Waals surface area contributed by atoms with E-state index in [1.165, 1.54) is 69.9 Å². The van der Waals surface area contributed by atoms with E-state index in [0.29, 0.717) is 85.9 Å². The van der Waals surface area contributed by atoms with Gasteiger partial charge in [0.2, 0.25) is 0 Å². The molecular weight excluding hydrogens is 518 g/mol. The van der Waals surface area contributed by atoms with Crippen molar-refractivity contribution in [1.82, 2.24) is 4.90 Å². The molecule has 0 spiro atoms. The van der Waals surface area contributed by atoms with Crippen LogP contribution < -0.4 is 0 Å². The number of unbranched alkanes of at least 4 members (excludes halogenated alkanes) is 9. The summed E-state index contributed by atoms with van der Waals surface area (Å²) in [5, 5.41) is 0. The Labute approximate surface area is 242 Å². The van der Waals surface area contributed by atoms with Crippen molar-refractivity contribution in [3.05, 3.63) is 12.2 Å². The lowest BCUT2D eigenvalue weighted by Crippen LogP contribution is -2.33. The lowest BCUT2D eigenvalue weighted by atomic mass is 10.1. The Hall–Kier alpha value is -1.40. The molecule has 0 aromatic heterocycles. The van der Waals surface area contributed by atoms with Crippen molar-refractivity contribution in [2.45, 2.75) is 71.1 Å². The van der Waals surface area contributed by atoms with E-state index >= 15 is 0 Å². The quantitative estimate of drug-likeness (QED) is 0.0874. The first-order chi connectivity index (χ1) is 19.8. The molecule has 1 aliphatic heterocycles. The van der Waals surface area contributed by atoms with Gasteiger partial charge in [-0.3, -0.25) is 14.5 Å². The lowest BCUT2D eigenvalue weighted by Gasteiger charge is -2.13. The van der Waals surface area contributed by atoms with E-state index in [0.717, 1.165) is 17.9 Å². The molecule has 0 atom stereocenters. The van der Waals surface area contributed by atoms with Crippen molar-refractivity contribution < 1.29 is 42.7 Å². The summed E-state index contributed by atoms with van der Waals surface area (Å²) in [7, 11) is 0.